The quantitative estimate of drug-likeness (QED) is 0.309. The molecule has 1 aromatic heterocycles. The highest BCUT2D eigenvalue weighted by molar-refractivity contribution is 6.30. The van der Waals surface area contributed by atoms with Crippen molar-refractivity contribution in [3.05, 3.63) is 75.9 Å². The SMILES string of the molecule is CNc1nc(OCc2cccc(C(F)(F)F)c2)n(Cc2ccc(Cl)cc2)c1C(=O)NCCOCCO. The third kappa shape index (κ3) is 7.36. The lowest BCUT2D eigenvalue weighted by molar-refractivity contribution is -0.137. The number of hydrogen-bond acceptors (Lipinski definition) is 6. The van der Waals surface area contributed by atoms with Crippen molar-refractivity contribution in [1.82, 2.24) is 14.9 Å². The molecule has 0 fully saturated rings. The number of anilines is 1. The summed E-state index contributed by atoms with van der Waals surface area (Å²) in [6.07, 6.45) is -4.48. The van der Waals surface area contributed by atoms with Gasteiger partial charge in [0.15, 0.2) is 11.5 Å². The van der Waals surface area contributed by atoms with Crippen molar-refractivity contribution in [3.63, 3.8) is 0 Å². The third-order valence-electron chi connectivity index (χ3n) is 5.03. The number of nitrogens with zero attached hydrogens (tertiary/aromatic N) is 2. The van der Waals surface area contributed by atoms with Gasteiger partial charge in [0, 0.05) is 18.6 Å². The Balaban J connectivity index is 1.88. The molecule has 3 N–H and O–H groups in total. The molecular weight excluding hydrogens is 501 g/mol. The number of ether oxygens (including phenoxy) is 2. The third-order valence-corrected chi connectivity index (χ3v) is 5.28. The minimum absolute atomic E-state index is 0.0494. The molecule has 0 atom stereocenters. The Labute approximate surface area is 211 Å². The van der Waals surface area contributed by atoms with Gasteiger partial charge >= 0.3 is 6.18 Å². The van der Waals surface area contributed by atoms with E-state index in [0.717, 1.165) is 17.7 Å². The van der Waals surface area contributed by atoms with E-state index < -0.39 is 17.6 Å². The van der Waals surface area contributed by atoms with Crippen LogP contribution in [0.3, 0.4) is 0 Å². The number of rotatable bonds is 12. The van der Waals surface area contributed by atoms with Crippen LogP contribution in [-0.2, 0) is 24.1 Å². The highest BCUT2D eigenvalue weighted by Crippen LogP contribution is 2.30. The Bertz CT molecular complexity index is 1150. The summed E-state index contributed by atoms with van der Waals surface area (Å²) >= 11 is 5.98. The summed E-state index contributed by atoms with van der Waals surface area (Å²) in [5, 5.41) is 14.9. The molecule has 0 aliphatic heterocycles. The van der Waals surface area contributed by atoms with Gasteiger partial charge in [0.05, 0.1) is 31.9 Å². The summed E-state index contributed by atoms with van der Waals surface area (Å²) < 4.78 is 51.8. The summed E-state index contributed by atoms with van der Waals surface area (Å²) in [6, 6.07) is 11.8. The molecule has 12 heteroatoms. The molecule has 36 heavy (non-hydrogen) atoms. The molecule has 1 amide bonds. The molecule has 2 aromatic carbocycles. The first-order valence-corrected chi connectivity index (χ1v) is 11.4. The largest absolute Gasteiger partial charge is 0.460 e. The van der Waals surface area contributed by atoms with E-state index in [9.17, 15) is 18.0 Å². The molecular formula is C24H26ClF3N4O4. The van der Waals surface area contributed by atoms with E-state index in [0.29, 0.717) is 10.6 Å². The topological polar surface area (TPSA) is 97.6 Å². The lowest BCUT2D eigenvalue weighted by Gasteiger charge is -2.14. The van der Waals surface area contributed by atoms with Gasteiger partial charge in [-0.25, -0.2) is 0 Å². The van der Waals surface area contributed by atoms with Crippen LogP contribution >= 0.6 is 11.6 Å². The first-order chi connectivity index (χ1) is 17.2. The number of alkyl halides is 3. The van der Waals surface area contributed by atoms with Crippen molar-refractivity contribution in [2.24, 2.45) is 0 Å². The molecule has 194 valence electrons. The first kappa shape index (κ1) is 27.3. The van der Waals surface area contributed by atoms with Gasteiger partial charge in [-0.05, 0) is 35.4 Å². The van der Waals surface area contributed by atoms with Crippen LogP contribution in [0.1, 0.15) is 27.2 Å². The van der Waals surface area contributed by atoms with Gasteiger partial charge < -0.3 is 25.2 Å². The minimum Gasteiger partial charge on any atom is -0.460 e. The number of halogens is 4. The van der Waals surface area contributed by atoms with Gasteiger partial charge in [0.25, 0.3) is 11.9 Å². The van der Waals surface area contributed by atoms with Crippen molar-refractivity contribution < 1.29 is 32.5 Å². The number of nitrogens with one attached hydrogen (secondary N) is 2. The lowest BCUT2D eigenvalue weighted by atomic mass is 10.1. The zero-order valence-electron chi connectivity index (χ0n) is 19.4. The number of amides is 1. The van der Waals surface area contributed by atoms with E-state index in [4.69, 9.17) is 26.2 Å². The molecule has 8 nitrogen and oxygen atoms in total. The molecule has 3 rings (SSSR count). The van der Waals surface area contributed by atoms with Gasteiger partial charge in [-0.3, -0.25) is 9.36 Å². The molecule has 0 spiro atoms. The molecule has 0 aliphatic carbocycles. The standard InChI is InChI=1S/C24H26ClF3N4O4/c1-29-21-20(22(34)30-9-11-35-12-10-33)32(14-16-5-7-19(25)8-6-16)23(31-21)36-15-17-3-2-4-18(13-17)24(26,27)28/h2-8,13,29,33H,9-12,14-15H2,1H3,(H,30,34). The number of aliphatic hydroxyl groups is 1. The van der Waals surface area contributed by atoms with Crippen LogP contribution in [0.4, 0.5) is 19.0 Å². The maximum absolute atomic E-state index is 13.1. The van der Waals surface area contributed by atoms with Gasteiger partial charge in [-0.2, -0.15) is 18.2 Å². The normalized spacial score (nSPS) is 11.4. The second kappa shape index (κ2) is 12.6. The molecule has 0 aliphatic rings. The lowest BCUT2D eigenvalue weighted by Crippen LogP contribution is -2.30. The van der Waals surface area contributed by atoms with Crippen LogP contribution in [-0.4, -0.2) is 54.0 Å². The van der Waals surface area contributed by atoms with Crippen LogP contribution in [0.15, 0.2) is 48.5 Å². The molecule has 0 radical (unpaired) electrons. The average Bonchev–Trinajstić information content (AvgIpc) is 3.20. The van der Waals surface area contributed by atoms with E-state index in [-0.39, 0.29) is 57.0 Å². The number of benzene rings is 2. The number of hydrogen-bond donors (Lipinski definition) is 3. The van der Waals surface area contributed by atoms with E-state index >= 15 is 0 Å². The smallest absolute Gasteiger partial charge is 0.416 e. The predicted octanol–water partition coefficient (Wildman–Crippen LogP) is 3.96. The minimum atomic E-state index is -4.48. The van der Waals surface area contributed by atoms with E-state index in [1.54, 1.807) is 31.3 Å². The number of aliphatic hydroxyl groups excluding tert-OH is 1. The summed E-state index contributed by atoms with van der Waals surface area (Å²) in [4.78, 5) is 17.4. The fourth-order valence-corrected chi connectivity index (χ4v) is 3.46. The highest BCUT2D eigenvalue weighted by Gasteiger charge is 2.30. The second-order valence-electron chi connectivity index (χ2n) is 7.63. The molecule has 3 aromatic rings. The van der Waals surface area contributed by atoms with Gasteiger partial charge in [-0.1, -0.05) is 35.9 Å². The monoisotopic (exact) mass is 526 g/mol. The molecule has 0 bridgehead atoms. The zero-order valence-corrected chi connectivity index (χ0v) is 20.2. The van der Waals surface area contributed by atoms with E-state index in [1.807, 2.05) is 0 Å². The van der Waals surface area contributed by atoms with Gasteiger partial charge in [0.2, 0.25) is 0 Å². The zero-order chi connectivity index (χ0) is 26.1. The highest BCUT2D eigenvalue weighted by atomic mass is 35.5. The average molecular weight is 527 g/mol. The Kier molecular flexibility index (Phi) is 9.57. The van der Waals surface area contributed by atoms with E-state index in [1.165, 1.54) is 16.7 Å². The maximum atomic E-state index is 13.1. The Morgan fingerprint density at radius 2 is 1.89 bits per heavy atom. The molecule has 0 unspecified atom stereocenters. The summed E-state index contributed by atoms with van der Waals surface area (Å²) in [5.74, 6) is -0.223. The van der Waals surface area contributed by atoms with Crippen LogP contribution in [0.2, 0.25) is 5.02 Å². The molecule has 1 heterocycles. The van der Waals surface area contributed by atoms with Crippen molar-refractivity contribution in [1.29, 1.82) is 0 Å². The van der Waals surface area contributed by atoms with Crippen LogP contribution in [0.25, 0.3) is 0 Å². The fourth-order valence-electron chi connectivity index (χ4n) is 3.34. The molecule has 0 saturated carbocycles. The van der Waals surface area contributed by atoms with Crippen LogP contribution in [0.5, 0.6) is 6.01 Å². The fraction of sp³-hybridized carbons (Fsp3) is 0.333. The Morgan fingerprint density at radius 3 is 2.56 bits per heavy atom. The van der Waals surface area contributed by atoms with Crippen LogP contribution < -0.4 is 15.4 Å². The van der Waals surface area contributed by atoms with E-state index in [2.05, 4.69) is 15.6 Å². The Hall–Kier alpha value is -3.28. The Morgan fingerprint density at radius 1 is 1.14 bits per heavy atom. The predicted molar refractivity (Wildman–Crippen MR) is 128 cm³/mol. The molecule has 0 saturated heterocycles. The van der Waals surface area contributed by atoms with Crippen LogP contribution in [0, 0.1) is 0 Å². The number of carbonyl (C=O) groups excluding carboxylic acids is 1. The number of aromatic nitrogens is 2. The summed E-state index contributed by atoms with van der Waals surface area (Å²) in [5.41, 5.74) is 0.480. The summed E-state index contributed by atoms with van der Waals surface area (Å²) in [7, 11) is 1.59. The van der Waals surface area contributed by atoms with Crippen molar-refractivity contribution in [2.45, 2.75) is 19.3 Å². The van der Waals surface area contributed by atoms with Crippen molar-refractivity contribution in [3.8, 4) is 6.01 Å². The maximum Gasteiger partial charge on any atom is 0.416 e. The summed E-state index contributed by atoms with van der Waals surface area (Å²) in [6.45, 7) is 0.409. The van der Waals surface area contributed by atoms with Crippen molar-refractivity contribution in [2.75, 3.05) is 38.7 Å². The van der Waals surface area contributed by atoms with Crippen molar-refractivity contribution >= 4 is 23.3 Å². The number of carbonyl (C=O) groups is 1. The first-order valence-electron chi connectivity index (χ1n) is 11.0. The second-order valence-corrected chi connectivity index (χ2v) is 8.07. The number of imidazole rings is 1. The van der Waals surface area contributed by atoms with Gasteiger partial charge in [0.1, 0.15) is 6.61 Å². The van der Waals surface area contributed by atoms with Gasteiger partial charge in [-0.15, -0.1) is 0 Å².